The highest BCUT2D eigenvalue weighted by atomic mass is 32.2. The van der Waals surface area contributed by atoms with Gasteiger partial charge in [-0.1, -0.05) is 44.4 Å². The number of nitrogens with one attached hydrogen (secondary N) is 1. The fourth-order valence-electron chi connectivity index (χ4n) is 4.49. The number of rotatable bonds is 9. The van der Waals surface area contributed by atoms with Crippen molar-refractivity contribution >= 4 is 15.9 Å². The van der Waals surface area contributed by atoms with Crippen molar-refractivity contribution < 1.29 is 13.2 Å². The summed E-state index contributed by atoms with van der Waals surface area (Å²) < 4.78 is 29.2. The molecule has 0 radical (unpaired) electrons. The zero-order valence-electron chi connectivity index (χ0n) is 19.7. The Kier molecular flexibility index (Phi) is 8.28. The van der Waals surface area contributed by atoms with Gasteiger partial charge in [0.05, 0.1) is 16.5 Å². The van der Waals surface area contributed by atoms with Crippen LogP contribution in [0, 0.1) is 18.3 Å². The van der Waals surface area contributed by atoms with Gasteiger partial charge in [0.2, 0.25) is 15.9 Å². The van der Waals surface area contributed by atoms with Crippen molar-refractivity contribution in [2.75, 3.05) is 7.05 Å². The molecular weight excluding hydrogens is 434 g/mol. The van der Waals surface area contributed by atoms with Crippen molar-refractivity contribution in [3.05, 3.63) is 64.7 Å². The minimum atomic E-state index is -3.90. The molecule has 6 nitrogen and oxygen atoms in total. The van der Waals surface area contributed by atoms with E-state index in [9.17, 15) is 13.2 Å². The van der Waals surface area contributed by atoms with Gasteiger partial charge in [-0.15, -0.1) is 0 Å². The summed E-state index contributed by atoms with van der Waals surface area (Å²) in [4.78, 5) is 15.3. The van der Waals surface area contributed by atoms with Gasteiger partial charge in [0.1, 0.15) is 6.04 Å². The second-order valence-electron chi connectivity index (χ2n) is 8.91. The smallest absolute Gasteiger partial charge is 0.241 e. The van der Waals surface area contributed by atoms with Crippen LogP contribution in [0.15, 0.2) is 47.4 Å². The van der Waals surface area contributed by atoms with E-state index in [1.165, 1.54) is 0 Å². The molecule has 7 heteroatoms. The predicted octanol–water partition coefficient (Wildman–Crippen LogP) is 4.11. The van der Waals surface area contributed by atoms with E-state index in [4.69, 9.17) is 5.26 Å². The number of carbonyl (C=O) groups excluding carboxylic acids is 1. The molecule has 1 amide bonds. The molecule has 0 aliphatic heterocycles. The van der Waals surface area contributed by atoms with Gasteiger partial charge in [0.15, 0.2) is 0 Å². The highest BCUT2D eigenvalue weighted by Crippen LogP contribution is 2.24. The lowest BCUT2D eigenvalue weighted by Crippen LogP contribution is -2.50. The highest BCUT2D eigenvalue weighted by molar-refractivity contribution is 7.89. The van der Waals surface area contributed by atoms with Crippen LogP contribution in [0.3, 0.4) is 0 Å². The van der Waals surface area contributed by atoms with E-state index in [2.05, 4.69) is 17.7 Å². The van der Waals surface area contributed by atoms with Crippen LogP contribution in [0.2, 0.25) is 0 Å². The van der Waals surface area contributed by atoms with Crippen molar-refractivity contribution in [3.63, 3.8) is 0 Å². The number of hydrogen-bond acceptors (Lipinski definition) is 4. The van der Waals surface area contributed by atoms with Gasteiger partial charge in [-0.05, 0) is 73.6 Å². The Morgan fingerprint density at radius 1 is 1.18 bits per heavy atom. The molecule has 0 saturated heterocycles. The summed E-state index contributed by atoms with van der Waals surface area (Å²) in [5.74, 6) is -0.228. The topological polar surface area (TPSA) is 90.3 Å². The van der Waals surface area contributed by atoms with Crippen LogP contribution >= 0.6 is 0 Å². The summed E-state index contributed by atoms with van der Waals surface area (Å²) in [5, 5.41) is 9.04. The van der Waals surface area contributed by atoms with Crippen LogP contribution in [-0.4, -0.2) is 38.4 Å². The molecule has 0 bridgehead atoms. The lowest BCUT2D eigenvalue weighted by atomic mass is 10.0. The number of aryl methyl sites for hydroxylation is 2. The second kappa shape index (κ2) is 11.0. The van der Waals surface area contributed by atoms with E-state index < -0.39 is 16.1 Å². The molecule has 0 spiro atoms. The minimum Gasteiger partial charge on any atom is -0.341 e. The third kappa shape index (κ3) is 6.21. The third-order valence-electron chi connectivity index (χ3n) is 6.48. The zero-order chi connectivity index (χ0) is 24.0. The highest BCUT2D eigenvalue weighted by Gasteiger charge is 2.32. The summed E-state index contributed by atoms with van der Waals surface area (Å²) in [5.41, 5.74) is 3.37. The maximum atomic E-state index is 13.4. The zero-order valence-corrected chi connectivity index (χ0v) is 20.5. The van der Waals surface area contributed by atoms with E-state index in [0.717, 1.165) is 55.2 Å². The number of sulfonamides is 1. The summed E-state index contributed by atoms with van der Waals surface area (Å²) >= 11 is 0. The summed E-state index contributed by atoms with van der Waals surface area (Å²) in [6, 6.07) is 13.3. The number of benzene rings is 2. The lowest BCUT2D eigenvalue weighted by molar-refractivity contribution is -0.133. The van der Waals surface area contributed by atoms with E-state index in [0.29, 0.717) is 5.56 Å². The second-order valence-corrected chi connectivity index (χ2v) is 10.6. The molecule has 33 heavy (non-hydrogen) atoms. The molecule has 1 N–H and O–H groups in total. The number of carbonyl (C=O) groups is 1. The Labute approximate surface area is 197 Å². The molecule has 0 aromatic heterocycles. The van der Waals surface area contributed by atoms with Gasteiger partial charge in [-0.2, -0.15) is 9.98 Å². The van der Waals surface area contributed by atoms with Crippen LogP contribution in [0.4, 0.5) is 0 Å². The normalized spacial score (nSPS) is 15.2. The van der Waals surface area contributed by atoms with Gasteiger partial charge >= 0.3 is 0 Å². The summed E-state index contributed by atoms with van der Waals surface area (Å²) in [6.45, 7) is 4.00. The maximum absolute atomic E-state index is 13.4. The fraction of sp³-hybridized carbons (Fsp3) is 0.462. The predicted molar refractivity (Wildman–Crippen MR) is 129 cm³/mol. The standard InChI is InChI=1S/C26H33N3O3S/c1-4-7-22-14-15-24(16-19(22)2)33(31,32)28-25(17-20-10-12-21(18-27)13-11-20)26(30)29(3)23-8-5-6-9-23/h10-16,23,25,28H,4-9,17H2,1-3H3. The Hall–Kier alpha value is -2.69. The molecule has 1 aliphatic rings. The van der Waals surface area contributed by atoms with Crippen molar-refractivity contribution in [2.24, 2.45) is 0 Å². The van der Waals surface area contributed by atoms with Crippen LogP contribution in [0.25, 0.3) is 0 Å². The molecular formula is C26H33N3O3S. The first kappa shape index (κ1) is 24.9. The van der Waals surface area contributed by atoms with E-state index in [1.807, 2.05) is 13.0 Å². The van der Waals surface area contributed by atoms with Crippen LogP contribution < -0.4 is 4.72 Å². The molecule has 1 unspecified atom stereocenters. The van der Waals surface area contributed by atoms with Gasteiger partial charge in [0, 0.05) is 13.1 Å². The van der Waals surface area contributed by atoms with Crippen molar-refractivity contribution in [1.29, 1.82) is 5.26 Å². The van der Waals surface area contributed by atoms with Crippen LogP contribution in [0.1, 0.15) is 61.3 Å². The number of likely N-dealkylation sites (N-methyl/N-ethyl adjacent to an activating group) is 1. The molecule has 1 aliphatic carbocycles. The van der Waals surface area contributed by atoms with Gasteiger partial charge in [-0.3, -0.25) is 4.79 Å². The SMILES string of the molecule is CCCc1ccc(S(=O)(=O)NC(Cc2ccc(C#N)cc2)C(=O)N(C)C2CCCC2)cc1C. The Bertz CT molecular complexity index is 1110. The lowest BCUT2D eigenvalue weighted by Gasteiger charge is -2.29. The largest absolute Gasteiger partial charge is 0.341 e. The van der Waals surface area contributed by atoms with E-state index in [-0.39, 0.29) is 23.3 Å². The number of nitriles is 1. The summed E-state index contributed by atoms with van der Waals surface area (Å²) in [7, 11) is -2.13. The van der Waals surface area contributed by atoms with E-state index >= 15 is 0 Å². The number of hydrogen-bond donors (Lipinski definition) is 1. The Balaban J connectivity index is 1.87. The van der Waals surface area contributed by atoms with Crippen LogP contribution in [0.5, 0.6) is 0 Å². The molecule has 1 fully saturated rings. The molecule has 3 rings (SSSR count). The molecule has 2 aromatic carbocycles. The number of amides is 1. The molecule has 176 valence electrons. The number of nitrogens with zero attached hydrogens (tertiary/aromatic N) is 2. The molecule has 0 heterocycles. The average Bonchev–Trinajstić information content (AvgIpc) is 3.34. The van der Waals surface area contributed by atoms with Gasteiger partial charge in [0.25, 0.3) is 0 Å². The fourth-order valence-corrected chi connectivity index (χ4v) is 5.76. The Morgan fingerprint density at radius 3 is 2.42 bits per heavy atom. The third-order valence-corrected chi connectivity index (χ3v) is 7.95. The first-order valence-corrected chi connectivity index (χ1v) is 13.1. The first-order chi connectivity index (χ1) is 15.7. The van der Waals surface area contributed by atoms with Crippen molar-refractivity contribution in [1.82, 2.24) is 9.62 Å². The van der Waals surface area contributed by atoms with Gasteiger partial charge in [-0.25, -0.2) is 8.42 Å². The first-order valence-electron chi connectivity index (χ1n) is 11.6. The monoisotopic (exact) mass is 467 g/mol. The molecule has 1 atom stereocenters. The minimum absolute atomic E-state index is 0.140. The van der Waals surface area contributed by atoms with Gasteiger partial charge < -0.3 is 4.90 Å². The Morgan fingerprint density at radius 2 is 1.85 bits per heavy atom. The van der Waals surface area contributed by atoms with E-state index in [1.54, 1.807) is 48.3 Å². The summed E-state index contributed by atoms with van der Waals surface area (Å²) in [6.07, 6.45) is 6.14. The van der Waals surface area contributed by atoms with Crippen molar-refractivity contribution in [2.45, 2.75) is 75.8 Å². The average molecular weight is 468 g/mol. The maximum Gasteiger partial charge on any atom is 0.241 e. The van der Waals surface area contributed by atoms with Crippen LogP contribution in [-0.2, 0) is 27.7 Å². The molecule has 1 saturated carbocycles. The quantitative estimate of drug-likeness (QED) is 0.601. The molecule has 2 aromatic rings. The van der Waals surface area contributed by atoms with Crippen molar-refractivity contribution in [3.8, 4) is 6.07 Å².